The van der Waals surface area contributed by atoms with Crippen molar-refractivity contribution in [2.75, 3.05) is 0 Å². The first-order chi connectivity index (χ1) is 11.1. The second-order valence-electron chi connectivity index (χ2n) is 6.37. The zero-order valence-electron chi connectivity index (χ0n) is 13.7. The molecule has 1 saturated carbocycles. The van der Waals surface area contributed by atoms with Gasteiger partial charge in [-0.1, -0.05) is 19.8 Å². The molecule has 2 heterocycles. The van der Waals surface area contributed by atoms with Crippen LogP contribution in [0.15, 0.2) is 29.2 Å². The number of amides is 1. The van der Waals surface area contributed by atoms with E-state index in [0.717, 1.165) is 24.6 Å². The zero-order chi connectivity index (χ0) is 16.4. The van der Waals surface area contributed by atoms with Gasteiger partial charge in [-0.25, -0.2) is 4.98 Å². The first kappa shape index (κ1) is 15.7. The van der Waals surface area contributed by atoms with E-state index < -0.39 is 0 Å². The highest BCUT2D eigenvalue weighted by molar-refractivity contribution is 5.97. The fourth-order valence-corrected chi connectivity index (χ4v) is 3.44. The second kappa shape index (κ2) is 6.52. The number of hydrogen-bond acceptors (Lipinski definition) is 3. The summed E-state index contributed by atoms with van der Waals surface area (Å²) >= 11 is 0. The Morgan fingerprint density at radius 1 is 1.39 bits per heavy atom. The summed E-state index contributed by atoms with van der Waals surface area (Å²) in [4.78, 5) is 29.6. The highest BCUT2D eigenvalue weighted by atomic mass is 16.2. The molecule has 0 bridgehead atoms. The summed E-state index contributed by atoms with van der Waals surface area (Å²) in [5, 5.41) is 3.88. The van der Waals surface area contributed by atoms with Gasteiger partial charge in [0.15, 0.2) is 0 Å². The van der Waals surface area contributed by atoms with Crippen LogP contribution in [0.25, 0.3) is 11.0 Å². The lowest BCUT2D eigenvalue weighted by Crippen LogP contribution is -2.43. The van der Waals surface area contributed by atoms with Gasteiger partial charge in [0.2, 0.25) is 0 Å². The molecule has 0 aliphatic heterocycles. The number of rotatable bonds is 3. The minimum absolute atomic E-state index is 0.162. The van der Waals surface area contributed by atoms with Crippen molar-refractivity contribution in [2.24, 2.45) is 5.92 Å². The lowest BCUT2D eigenvalue weighted by Gasteiger charge is -2.29. The largest absolute Gasteiger partial charge is 0.349 e. The van der Waals surface area contributed by atoms with E-state index in [0.29, 0.717) is 18.1 Å². The fraction of sp³-hybridized carbons (Fsp3) is 0.500. The number of carbonyl (C=O) groups excluding carboxylic acids is 1. The van der Waals surface area contributed by atoms with E-state index in [1.165, 1.54) is 6.42 Å². The third-order valence-corrected chi connectivity index (χ3v) is 4.84. The normalized spacial score (nSPS) is 21.3. The molecular weight excluding hydrogens is 290 g/mol. The molecule has 0 radical (unpaired) electrons. The van der Waals surface area contributed by atoms with Gasteiger partial charge in [0.05, 0.1) is 0 Å². The van der Waals surface area contributed by atoms with E-state index in [-0.39, 0.29) is 23.1 Å². The molecule has 1 amide bonds. The van der Waals surface area contributed by atoms with Crippen molar-refractivity contribution in [3.63, 3.8) is 0 Å². The van der Waals surface area contributed by atoms with E-state index in [1.54, 1.807) is 16.8 Å². The zero-order valence-corrected chi connectivity index (χ0v) is 13.7. The molecule has 122 valence electrons. The molecule has 1 aliphatic rings. The SMILES string of the molecule is CCn1c(=O)c(C(=O)N[C@H]2CCCC[C@H]2C)cc2cccnc21. The molecule has 2 atom stereocenters. The molecule has 3 rings (SSSR count). The van der Waals surface area contributed by atoms with Crippen LogP contribution in [0.3, 0.4) is 0 Å². The molecule has 2 aromatic rings. The number of fused-ring (bicyclic) bond motifs is 1. The summed E-state index contributed by atoms with van der Waals surface area (Å²) in [5.74, 6) is 0.199. The van der Waals surface area contributed by atoms with Crippen LogP contribution in [-0.2, 0) is 6.54 Å². The number of carbonyl (C=O) groups is 1. The maximum atomic E-state index is 12.6. The number of aryl methyl sites for hydroxylation is 1. The third-order valence-electron chi connectivity index (χ3n) is 4.84. The summed E-state index contributed by atoms with van der Waals surface area (Å²) in [6.45, 7) is 4.55. The summed E-state index contributed by atoms with van der Waals surface area (Å²) in [6.07, 6.45) is 6.14. The van der Waals surface area contributed by atoms with Crippen molar-refractivity contribution >= 4 is 16.9 Å². The Morgan fingerprint density at radius 3 is 2.91 bits per heavy atom. The summed E-state index contributed by atoms with van der Waals surface area (Å²) in [5.41, 5.74) is 0.576. The van der Waals surface area contributed by atoms with Gasteiger partial charge in [0.25, 0.3) is 11.5 Å². The number of aromatic nitrogens is 2. The van der Waals surface area contributed by atoms with Gasteiger partial charge >= 0.3 is 0 Å². The van der Waals surface area contributed by atoms with Crippen molar-refractivity contribution in [1.82, 2.24) is 14.9 Å². The van der Waals surface area contributed by atoms with Gasteiger partial charge in [-0.05, 0) is 43.9 Å². The molecule has 5 heteroatoms. The molecule has 1 aliphatic carbocycles. The Morgan fingerprint density at radius 2 is 2.17 bits per heavy atom. The van der Waals surface area contributed by atoms with E-state index in [4.69, 9.17) is 0 Å². The van der Waals surface area contributed by atoms with E-state index in [9.17, 15) is 9.59 Å². The molecular formula is C18H23N3O2. The van der Waals surface area contributed by atoms with Crippen molar-refractivity contribution < 1.29 is 4.79 Å². The van der Waals surface area contributed by atoms with Crippen molar-refractivity contribution in [3.05, 3.63) is 40.3 Å². The van der Waals surface area contributed by atoms with Gasteiger partial charge in [0.1, 0.15) is 11.2 Å². The second-order valence-corrected chi connectivity index (χ2v) is 6.37. The van der Waals surface area contributed by atoms with Crippen molar-refractivity contribution in [2.45, 2.75) is 52.1 Å². The number of pyridine rings is 2. The van der Waals surface area contributed by atoms with Crippen LogP contribution in [0.2, 0.25) is 0 Å². The molecule has 1 N–H and O–H groups in total. The molecule has 0 saturated heterocycles. The Balaban J connectivity index is 1.97. The van der Waals surface area contributed by atoms with Gasteiger partial charge in [-0.2, -0.15) is 0 Å². The number of nitrogens with one attached hydrogen (secondary N) is 1. The molecule has 1 fully saturated rings. The van der Waals surface area contributed by atoms with Crippen LogP contribution in [0.5, 0.6) is 0 Å². The quantitative estimate of drug-likeness (QED) is 0.947. The maximum absolute atomic E-state index is 12.6. The maximum Gasteiger partial charge on any atom is 0.265 e. The van der Waals surface area contributed by atoms with Crippen LogP contribution >= 0.6 is 0 Å². The van der Waals surface area contributed by atoms with E-state index in [2.05, 4.69) is 17.2 Å². The Labute approximate surface area is 135 Å². The molecule has 0 aromatic carbocycles. The molecule has 0 unspecified atom stereocenters. The monoisotopic (exact) mass is 313 g/mol. The first-order valence-electron chi connectivity index (χ1n) is 8.41. The third kappa shape index (κ3) is 3.00. The van der Waals surface area contributed by atoms with Gasteiger partial charge in [-0.15, -0.1) is 0 Å². The molecule has 23 heavy (non-hydrogen) atoms. The first-order valence-corrected chi connectivity index (χ1v) is 8.41. The number of hydrogen-bond donors (Lipinski definition) is 1. The predicted octanol–water partition coefficient (Wildman–Crippen LogP) is 2.72. The Hall–Kier alpha value is -2.17. The van der Waals surface area contributed by atoms with E-state index >= 15 is 0 Å². The Kier molecular flexibility index (Phi) is 4.46. The predicted molar refractivity (Wildman–Crippen MR) is 90.6 cm³/mol. The van der Waals surface area contributed by atoms with Crippen LogP contribution in [0, 0.1) is 5.92 Å². The summed E-state index contributed by atoms with van der Waals surface area (Å²) in [6, 6.07) is 5.53. The topological polar surface area (TPSA) is 64.0 Å². The lowest BCUT2D eigenvalue weighted by atomic mass is 9.86. The molecule has 2 aromatic heterocycles. The average Bonchev–Trinajstić information content (AvgIpc) is 2.56. The van der Waals surface area contributed by atoms with Crippen molar-refractivity contribution in [1.29, 1.82) is 0 Å². The van der Waals surface area contributed by atoms with Crippen LogP contribution in [-0.4, -0.2) is 21.5 Å². The van der Waals surface area contributed by atoms with Gasteiger partial charge in [0, 0.05) is 24.2 Å². The van der Waals surface area contributed by atoms with E-state index in [1.807, 2.05) is 19.1 Å². The minimum Gasteiger partial charge on any atom is -0.349 e. The highest BCUT2D eigenvalue weighted by Crippen LogP contribution is 2.24. The van der Waals surface area contributed by atoms with Crippen molar-refractivity contribution in [3.8, 4) is 0 Å². The summed E-state index contributed by atoms with van der Waals surface area (Å²) < 4.78 is 1.56. The fourth-order valence-electron chi connectivity index (χ4n) is 3.44. The standard InChI is InChI=1S/C18H23N3O2/c1-3-21-16-13(8-6-10-19-16)11-14(18(21)23)17(22)20-15-9-5-4-7-12(15)2/h6,8,10-12,15H,3-5,7,9H2,1-2H3,(H,20,22)/t12-,15+/m1/s1. The smallest absolute Gasteiger partial charge is 0.265 e. The number of nitrogens with zero attached hydrogens (tertiary/aromatic N) is 2. The van der Waals surface area contributed by atoms with Gasteiger partial charge < -0.3 is 5.32 Å². The van der Waals surface area contributed by atoms with Gasteiger partial charge in [-0.3, -0.25) is 14.2 Å². The minimum atomic E-state index is -0.264. The van der Waals surface area contributed by atoms with Crippen LogP contribution in [0.1, 0.15) is 49.9 Å². The Bertz CT molecular complexity index is 781. The average molecular weight is 313 g/mol. The van der Waals surface area contributed by atoms with Crippen LogP contribution in [0.4, 0.5) is 0 Å². The highest BCUT2D eigenvalue weighted by Gasteiger charge is 2.25. The lowest BCUT2D eigenvalue weighted by molar-refractivity contribution is 0.0908. The molecule has 5 nitrogen and oxygen atoms in total. The summed E-state index contributed by atoms with van der Waals surface area (Å²) in [7, 11) is 0. The molecule has 0 spiro atoms. The van der Waals surface area contributed by atoms with Crippen LogP contribution < -0.4 is 10.9 Å².